The molecule has 154 valence electrons. The van der Waals surface area contributed by atoms with Gasteiger partial charge in [0.1, 0.15) is 5.82 Å². The Hall–Kier alpha value is -3.54. The molecule has 3 aromatic rings. The van der Waals surface area contributed by atoms with E-state index in [4.69, 9.17) is 0 Å². The molecule has 0 aliphatic rings. The Morgan fingerprint density at radius 3 is 2.03 bits per heavy atom. The fourth-order valence-electron chi connectivity index (χ4n) is 3.19. The van der Waals surface area contributed by atoms with Crippen molar-refractivity contribution in [3.8, 4) is 0 Å². The van der Waals surface area contributed by atoms with Crippen molar-refractivity contribution in [1.29, 1.82) is 0 Å². The first kappa shape index (κ1) is 21.2. The van der Waals surface area contributed by atoms with E-state index in [0.29, 0.717) is 17.2 Å². The van der Waals surface area contributed by atoms with Gasteiger partial charge in [0.05, 0.1) is 11.0 Å². The maximum Gasteiger partial charge on any atom is 0.269 e. The van der Waals surface area contributed by atoms with Gasteiger partial charge >= 0.3 is 0 Å². The molecule has 1 atom stereocenters. The third kappa shape index (κ3) is 5.29. The maximum absolute atomic E-state index is 13.2. The summed E-state index contributed by atoms with van der Waals surface area (Å²) in [4.78, 5) is 23.2. The van der Waals surface area contributed by atoms with E-state index in [1.807, 2.05) is 24.3 Å². The van der Waals surface area contributed by atoms with E-state index in [2.05, 4.69) is 19.2 Å². The Kier molecular flexibility index (Phi) is 6.57. The van der Waals surface area contributed by atoms with Crippen molar-refractivity contribution in [3.63, 3.8) is 0 Å². The number of non-ortho nitro benzene ring substituents is 1. The summed E-state index contributed by atoms with van der Waals surface area (Å²) >= 11 is 0. The Labute approximate surface area is 174 Å². The third-order valence-corrected chi connectivity index (χ3v) is 4.98. The predicted octanol–water partition coefficient (Wildman–Crippen LogP) is 6.28. The number of carbonyl (C=O) groups is 1. The number of ketones is 1. The average molecular weight is 406 g/mol. The molecule has 5 nitrogen and oxygen atoms in total. The van der Waals surface area contributed by atoms with Gasteiger partial charge in [0.15, 0.2) is 5.78 Å². The second-order valence-corrected chi connectivity index (χ2v) is 7.46. The average Bonchev–Trinajstić information content (AvgIpc) is 2.74. The molecule has 0 fully saturated rings. The lowest BCUT2D eigenvalue weighted by Gasteiger charge is -2.21. The van der Waals surface area contributed by atoms with Crippen molar-refractivity contribution in [1.82, 2.24) is 0 Å². The van der Waals surface area contributed by atoms with Crippen LogP contribution < -0.4 is 5.32 Å². The number of carbonyl (C=O) groups excluding carboxylic acids is 1. The van der Waals surface area contributed by atoms with E-state index in [1.165, 1.54) is 42.0 Å². The highest BCUT2D eigenvalue weighted by molar-refractivity contribution is 5.96. The standard InChI is InChI=1S/C24H23FN2O3/c1-16(2)17-3-5-18(6-4-17)23(15-24(28)19-7-9-20(25)10-8-19)26-21-11-13-22(14-12-21)27(29)30/h3-14,16,23,26H,15H2,1-2H3. The van der Waals surface area contributed by atoms with Crippen molar-refractivity contribution >= 4 is 17.2 Å². The Bertz CT molecular complexity index is 1010. The van der Waals surface area contributed by atoms with Gasteiger partial charge < -0.3 is 5.32 Å². The highest BCUT2D eigenvalue weighted by atomic mass is 19.1. The first-order chi connectivity index (χ1) is 14.3. The number of rotatable bonds is 8. The number of Topliss-reactive ketones (excluding diaryl/α,β-unsaturated/α-hetero) is 1. The van der Waals surface area contributed by atoms with Gasteiger partial charge in [0.2, 0.25) is 0 Å². The zero-order chi connectivity index (χ0) is 21.7. The van der Waals surface area contributed by atoms with Gasteiger partial charge in [-0.1, -0.05) is 38.1 Å². The van der Waals surface area contributed by atoms with Crippen molar-refractivity contribution in [2.75, 3.05) is 5.32 Å². The molecule has 6 heteroatoms. The minimum Gasteiger partial charge on any atom is -0.378 e. The number of hydrogen-bond acceptors (Lipinski definition) is 4. The summed E-state index contributed by atoms with van der Waals surface area (Å²) in [7, 11) is 0. The topological polar surface area (TPSA) is 72.2 Å². The van der Waals surface area contributed by atoms with Crippen molar-refractivity contribution in [2.45, 2.75) is 32.2 Å². The highest BCUT2D eigenvalue weighted by Gasteiger charge is 2.18. The van der Waals surface area contributed by atoms with Crippen LogP contribution in [0.2, 0.25) is 0 Å². The number of anilines is 1. The van der Waals surface area contributed by atoms with Crippen molar-refractivity contribution in [2.24, 2.45) is 0 Å². The lowest BCUT2D eigenvalue weighted by Crippen LogP contribution is -2.16. The monoisotopic (exact) mass is 406 g/mol. The Morgan fingerprint density at radius 2 is 1.50 bits per heavy atom. The molecule has 0 saturated heterocycles. The summed E-state index contributed by atoms with van der Waals surface area (Å²) in [6.07, 6.45) is 0.156. The lowest BCUT2D eigenvalue weighted by atomic mass is 9.95. The summed E-state index contributed by atoms with van der Waals surface area (Å²) in [5, 5.41) is 14.2. The quantitative estimate of drug-likeness (QED) is 0.271. The number of hydrogen-bond donors (Lipinski definition) is 1. The molecule has 3 rings (SSSR count). The number of nitrogens with one attached hydrogen (secondary N) is 1. The SMILES string of the molecule is CC(C)c1ccc(C(CC(=O)c2ccc(F)cc2)Nc2ccc([N+](=O)[O-])cc2)cc1. The summed E-state index contributed by atoms with van der Waals surface area (Å²) in [5.41, 5.74) is 3.22. The molecule has 0 radical (unpaired) electrons. The Morgan fingerprint density at radius 1 is 0.933 bits per heavy atom. The molecule has 0 aliphatic heterocycles. The zero-order valence-corrected chi connectivity index (χ0v) is 16.8. The summed E-state index contributed by atoms with van der Waals surface area (Å²) in [5.74, 6) is -0.125. The van der Waals surface area contributed by atoms with Crippen molar-refractivity contribution in [3.05, 3.63) is 105 Å². The molecule has 0 aliphatic carbocycles. The van der Waals surface area contributed by atoms with Crippen LogP contribution in [0.1, 0.15) is 53.7 Å². The van der Waals surface area contributed by atoms with Gasteiger partial charge in [-0.3, -0.25) is 14.9 Å². The van der Waals surface area contributed by atoms with E-state index in [-0.39, 0.29) is 23.9 Å². The molecule has 1 unspecified atom stereocenters. The molecule has 0 saturated carbocycles. The first-order valence-corrected chi connectivity index (χ1v) is 9.73. The van der Waals surface area contributed by atoms with Crippen LogP contribution in [0.15, 0.2) is 72.8 Å². The number of nitrogens with zero attached hydrogens (tertiary/aromatic N) is 1. The Balaban J connectivity index is 1.86. The minimum absolute atomic E-state index is 0.000717. The maximum atomic E-state index is 13.2. The van der Waals surface area contributed by atoms with E-state index in [1.54, 1.807) is 12.1 Å². The van der Waals surface area contributed by atoms with E-state index in [0.717, 1.165) is 5.56 Å². The molecule has 0 bridgehead atoms. The zero-order valence-electron chi connectivity index (χ0n) is 16.8. The number of benzene rings is 3. The normalized spacial score (nSPS) is 11.9. The number of nitro benzene ring substituents is 1. The molecule has 0 heterocycles. The molecular weight excluding hydrogens is 383 g/mol. The van der Waals surface area contributed by atoms with Gasteiger partial charge in [0.25, 0.3) is 5.69 Å². The summed E-state index contributed by atoms with van der Waals surface area (Å²) in [6, 6.07) is 19.3. The van der Waals surface area contributed by atoms with Crippen LogP contribution in [-0.2, 0) is 0 Å². The van der Waals surface area contributed by atoms with Crippen LogP contribution >= 0.6 is 0 Å². The van der Waals surface area contributed by atoms with Crippen LogP contribution in [0.25, 0.3) is 0 Å². The van der Waals surface area contributed by atoms with Gasteiger partial charge in [-0.2, -0.15) is 0 Å². The van der Waals surface area contributed by atoms with Crippen molar-refractivity contribution < 1.29 is 14.1 Å². The summed E-state index contributed by atoms with van der Waals surface area (Å²) in [6.45, 7) is 4.22. The second-order valence-electron chi connectivity index (χ2n) is 7.46. The molecule has 30 heavy (non-hydrogen) atoms. The van der Waals surface area contributed by atoms with E-state index < -0.39 is 10.7 Å². The predicted molar refractivity (Wildman–Crippen MR) is 115 cm³/mol. The smallest absolute Gasteiger partial charge is 0.269 e. The van der Waals surface area contributed by atoms with Gasteiger partial charge in [-0.25, -0.2) is 4.39 Å². The molecule has 3 aromatic carbocycles. The number of nitro groups is 1. The van der Waals surface area contributed by atoms with E-state index in [9.17, 15) is 19.3 Å². The molecule has 0 amide bonds. The van der Waals surface area contributed by atoms with Gasteiger partial charge in [-0.15, -0.1) is 0 Å². The fraction of sp³-hybridized carbons (Fsp3) is 0.208. The van der Waals surface area contributed by atoms with Gasteiger partial charge in [0, 0.05) is 29.8 Å². The molecular formula is C24H23FN2O3. The minimum atomic E-state index is -0.454. The van der Waals surface area contributed by atoms with Crippen LogP contribution in [0.3, 0.4) is 0 Å². The molecule has 1 N–H and O–H groups in total. The third-order valence-electron chi connectivity index (χ3n) is 4.98. The fourth-order valence-corrected chi connectivity index (χ4v) is 3.19. The van der Waals surface area contributed by atoms with E-state index >= 15 is 0 Å². The number of halogens is 1. The molecule has 0 aromatic heterocycles. The van der Waals surface area contributed by atoms with Crippen LogP contribution in [-0.4, -0.2) is 10.7 Å². The highest BCUT2D eigenvalue weighted by Crippen LogP contribution is 2.27. The van der Waals surface area contributed by atoms with Crippen LogP contribution in [0.4, 0.5) is 15.8 Å². The molecule has 0 spiro atoms. The van der Waals surface area contributed by atoms with Crippen LogP contribution in [0, 0.1) is 15.9 Å². The summed E-state index contributed by atoms with van der Waals surface area (Å²) < 4.78 is 13.2. The van der Waals surface area contributed by atoms with Gasteiger partial charge in [-0.05, 0) is 53.4 Å². The first-order valence-electron chi connectivity index (χ1n) is 9.73. The largest absolute Gasteiger partial charge is 0.378 e. The van der Waals surface area contributed by atoms with Crippen LogP contribution in [0.5, 0.6) is 0 Å². The lowest BCUT2D eigenvalue weighted by molar-refractivity contribution is -0.384. The second kappa shape index (κ2) is 9.31.